The Morgan fingerprint density at radius 3 is 1.18 bits per heavy atom. The van der Waals surface area contributed by atoms with Gasteiger partial charge in [0.15, 0.2) is 0 Å². The lowest BCUT2D eigenvalue weighted by molar-refractivity contribution is -0.870. The second-order valence-corrected chi connectivity index (χ2v) is 22.8. The molecule has 3 unspecified atom stereocenters. The number of nitrogens with zero attached hydrogens (tertiary/aromatic N) is 1. The molecule has 9 heteroatoms. The normalized spacial score (nSPS) is 14.0. The van der Waals surface area contributed by atoms with Crippen molar-refractivity contribution in [1.29, 1.82) is 0 Å². The van der Waals surface area contributed by atoms with Gasteiger partial charge in [0.1, 0.15) is 13.2 Å². The van der Waals surface area contributed by atoms with E-state index in [-0.39, 0.29) is 19.1 Å². The molecule has 0 radical (unpaired) electrons. The fourth-order valence-corrected chi connectivity index (χ4v) is 9.64. The average molecular weight is 956 g/mol. The maximum Gasteiger partial charge on any atom is 0.268 e. The van der Waals surface area contributed by atoms with Gasteiger partial charge in [-0.2, -0.15) is 0 Å². The summed E-state index contributed by atoms with van der Waals surface area (Å²) in [6.07, 6.45) is 59.8. The zero-order valence-electron chi connectivity index (χ0n) is 44.9. The van der Waals surface area contributed by atoms with Crippen molar-refractivity contribution >= 4 is 13.7 Å². The van der Waals surface area contributed by atoms with Gasteiger partial charge in [-0.1, -0.05) is 264 Å². The first-order chi connectivity index (χ1) is 32.0. The summed E-state index contributed by atoms with van der Waals surface area (Å²) in [5.74, 6) is -0.160. The Morgan fingerprint density at radius 1 is 0.515 bits per heavy atom. The Bertz CT molecular complexity index is 1080. The van der Waals surface area contributed by atoms with E-state index < -0.39 is 20.0 Å². The summed E-state index contributed by atoms with van der Waals surface area (Å²) in [5, 5.41) is 14.0. The number of unbranched alkanes of at least 4 members (excludes halogenated alkanes) is 39. The van der Waals surface area contributed by atoms with Gasteiger partial charge in [-0.25, -0.2) is 0 Å². The first-order valence-electron chi connectivity index (χ1n) is 29.0. The zero-order valence-corrected chi connectivity index (χ0v) is 45.8. The van der Waals surface area contributed by atoms with Gasteiger partial charge in [0.25, 0.3) is 7.82 Å². The number of quaternary nitrogens is 1. The summed E-state index contributed by atoms with van der Waals surface area (Å²) in [7, 11) is 1.32. The molecule has 0 saturated carbocycles. The summed E-state index contributed by atoms with van der Waals surface area (Å²) in [6, 6.07) is -0.796. The molecule has 0 aromatic rings. The highest BCUT2D eigenvalue weighted by Gasteiger charge is 2.24. The third-order valence-electron chi connectivity index (χ3n) is 13.5. The van der Waals surface area contributed by atoms with Crippen LogP contribution in [0.25, 0.3) is 0 Å². The SMILES string of the molecule is CCCCCCCCCCCCCC/C=C\CCCCCCCCCCCCCCCCCCC(=O)NC(COP(=O)([O-])OCC[N+](C)(C)C)C(O)CCCCCCCCCCCCCC. The number of amides is 1. The van der Waals surface area contributed by atoms with E-state index in [1.165, 1.54) is 231 Å². The third kappa shape index (κ3) is 51.1. The minimum atomic E-state index is -4.56. The van der Waals surface area contributed by atoms with Crippen LogP contribution in [0.1, 0.15) is 296 Å². The van der Waals surface area contributed by atoms with E-state index in [1.54, 1.807) is 0 Å². The number of phosphoric ester groups is 1. The molecule has 0 fully saturated rings. The largest absolute Gasteiger partial charge is 0.756 e. The summed E-state index contributed by atoms with van der Waals surface area (Å²) in [6.45, 7) is 4.75. The van der Waals surface area contributed by atoms with Gasteiger partial charge in [-0.3, -0.25) is 9.36 Å². The van der Waals surface area contributed by atoms with E-state index in [4.69, 9.17) is 9.05 Å². The minimum Gasteiger partial charge on any atom is -0.756 e. The summed E-state index contributed by atoms with van der Waals surface area (Å²) in [5.41, 5.74) is 0. The van der Waals surface area contributed by atoms with Crippen LogP contribution in [0.15, 0.2) is 12.2 Å². The van der Waals surface area contributed by atoms with Crippen molar-refractivity contribution in [3.63, 3.8) is 0 Å². The second-order valence-electron chi connectivity index (χ2n) is 21.4. The molecule has 0 aliphatic heterocycles. The van der Waals surface area contributed by atoms with Crippen molar-refractivity contribution in [1.82, 2.24) is 5.32 Å². The maximum atomic E-state index is 12.9. The predicted octanol–water partition coefficient (Wildman–Crippen LogP) is 16.8. The van der Waals surface area contributed by atoms with E-state index in [0.29, 0.717) is 23.9 Å². The quantitative estimate of drug-likeness (QED) is 0.0272. The lowest BCUT2D eigenvalue weighted by Gasteiger charge is -2.30. The van der Waals surface area contributed by atoms with Gasteiger partial charge in [0, 0.05) is 6.42 Å². The Labute approximate surface area is 412 Å². The molecule has 0 aliphatic carbocycles. The fourth-order valence-electron chi connectivity index (χ4n) is 8.92. The van der Waals surface area contributed by atoms with Crippen molar-refractivity contribution in [3.05, 3.63) is 12.2 Å². The number of nitrogens with one attached hydrogen (secondary N) is 1. The summed E-state index contributed by atoms with van der Waals surface area (Å²) in [4.78, 5) is 25.4. The van der Waals surface area contributed by atoms with Crippen LogP contribution < -0.4 is 10.2 Å². The van der Waals surface area contributed by atoms with Crippen molar-refractivity contribution < 1.29 is 32.9 Å². The topological polar surface area (TPSA) is 108 Å². The zero-order chi connectivity index (χ0) is 48.5. The van der Waals surface area contributed by atoms with Crippen LogP contribution in [-0.4, -0.2) is 68.5 Å². The molecule has 0 saturated heterocycles. The van der Waals surface area contributed by atoms with Crippen LogP contribution in [0.5, 0.6) is 0 Å². The van der Waals surface area contributed by atoms with Crippen molar-refractivity contribution in [3.8, 4) is 0 Å². The molecule has 0 aromatic carbocycles. The Morgan fingerprint density at radius 2 is 0.833 bits per heavy atom. The average Bonchev–Trinajstić information content (AvgIpc) is 3.28. The van der Waals surface area contributed by atoms with E-state index in [2.05, 4.69) is 31.3 Å². The highest BCUT2D eigenvalue weighted by Crippen LogP contribution is 2.38. The standard InChI is InChI=1S/C57H115N2O6P/c1-6-8-10-12-14-16-18-20-21-22-23-24-25-26-27-28-29-30-31-32-33-34-35-36-37-38-39-41-43-45-47-49-51-57(61)58-55(54-65-66(62,63)64-53-52-59(3,4)5)56(60)50-48-46-44-42-40-19-17-15-13-11-9-7-2/h26-27,55-56,60H,6-25,28-54H2,1-5H3,(H-,58,61,62,63)/b27-26-. The lowest BCUT2D eigenvalue weighted by atomic mass is 10.0. The lowest BCUT2D eigenvalue weighted by Crippen LogP contribution is -2.46. The molecule has 66 heavy (non-hydrogen) atoms. The number of rotatable bonds is 54. The molecule has 0 spiro atoms. The Balaban J connectivity index is 3.95. The van der Waals surface area contributed by atoms with Crippen LogP contribution in [0.2, 0.25) is 0 Å². The summed E-state index contributed by atoms with van der Waals surface area (Å²) >= 11 is 0. The van der Waals surface area contributed by atoms with Gasteiger partial charge >= 0.3 is 0 Å². The maximum absolute atomic E-state index is 12.9. The Kier molecular flexibility index (Phi) is 48.7. The molecule has 2 N–H and O–H groups in total. The molecule has 0 aromatic heterocycles. The molecule has 394 valence electrons. The van der Waals surface area contributed by atoms with Gasteiger partial charge < -0.3 is 28.8 Å². The monoisotopic (exact) mass is 955 g/mol. The van der Waals surface area contributed by atoms with Gasteiger partial charge in [-0.15, -0.1) is 0 Å². The van der Waals surface area contributed by atoms with Crippen LogP contribution in [0.4, 0.5) is 0 Å². The molecular formula is C57H115N2O6P. The fraction of sp³-hybridized carbons (Fsp3) is 0.947. The van der Waals surface area contributed by atoms with Crippen molar-refractivity contribution in [2.75, 3.05) is 40.9 Å². The van der Waals surface area contributed by atoms with Crippen molar-refractivity contribution in [2.24, 2.45) is 0 Å². The third-order valence-corrected chi connectivity index (χ3v) is 14.5. The first kappa shape index (κ1) is 65.2. The molecular weight excluding hydrogens is 840 g/mol. The minimum absolute atomic E-state index is 0.0150. The van der Waals surface area contributed by atoms with Crippen molar-refractivity contribution in [2.45, 2.75) is 309 Å². The van der Waals surface area contributed by atoms with E-state index in [1.807, 2.05) is 21.1 Å². The highest BCUT2D eigenvalue weighted by atomic mass is 31.2. The number of hydrogen-bond acceptors (Lipinski definition) is 6. The molecule has 8 nitrogen and oxygen atoms in total. The van der Waals surface area contributed by atoms with E-state index in [9.17, 15) is 19.4 Å². The predicted molar refractivity (Wildman–Crippen MR) is 284 cm³/mol. The molecule has 3 atom stereocenters. The Hall–Kier alpha value is -0.760. The number of carbonyl (C=O) groups is 1. The molecule has 0 bridgehead atoms. The van der Waals surface area contributed by atoms with Gasteiger partial charge in [0.05, 0.1) is 39.9 Å². The number of allylic oxidation sites excluding steroid dienone is 2. The number of carbonyl (C=O) groups excluding carboxylic acids is 1. The molecule has 0 aliphatic rings. The number of hydrogen-bond donors (Lipinski definition) is 2. The van der Waals surface area contributed by atoms with E-state index in [0.717, 1.165) is 38.5 Å². The number of phosphoric acid groups is 1. The smallest absolute Gasteiger partial charge is 0.268 e. The second kappa shape index (κ2) is 49.2. The molecule has 1 amide bonds. The number of aliphatic hydroxyl groups excluding tert-OH is 1. The highest BCUT2D eigenvalue weighted by molar-refractivity contribution is 7.45. The van der Waals surface area contributed by atoms with Crippen LogP contribution >= 0.6 is 7.82 Å². The molecule has 0 heterocycles. The van der Waals surface area contributed by atoms with Crippen LogP contribution in [0, 0.1) is 0 Å². The van der Waals surface area contributed by atoms with Gasteiger partial charge in [0.2, 0.25) is 5.91 Å². The first-order valence-corrected chi connectivity index (χ1v) is 30.5. The van der Waals surface area contributed by atoms with Gasteiger partial charge in [-0.05, 0) is 38.5 Å². The number of likely N-dealkylation sites (N-methyl/N-ethyl adjacent to an activating group) is 1. The number of aliphatic hydroxyl groups is 1. The van der Waals surface area contributed by atoms with Crippen LogP contribution in [-0.2, 0) is 18.4 Å². The van der Waals surface area contributed by atoms with Crippen LogP contribution in [0.3, 0.4) is 0 Å². The molecule has 0 rings (SSSR count). The summed E-state index contributed by atoms with van der Waals surface area (Å²) < 4.78 is 23.4. The van der Waals surface area contributed by atoms with E-state index >= 15 is 0 Å².